The molecule has 0 fully saturated rings. The molecule has 0 atom stereocenters. The standard InChI is InChI=1S/C12H21F3O/c1-2-3-4-5-6-8-11(16)9-7-10-12(13,14)15/h2-10H2,1H3. The summed E-state index contributed by atoms with van der Waals surface area (Å²) < 4.78 is 35.4. The number of unbranched alkanes of at least 4 members (excludes halogenated alkanes) is 4. The smallest absolute Gasteiger partial charge is 0.300 e. The van der Waals surface area contributed by atoms with E-state index in [2.05, 4.69) is 6.92 Å². The Kier molecular flexibility index (Phi) is 8.30. The number of hydrogen-bond donors (Lipinski definition) is 0. The molecule has 4 heteroatoms. The summed E-state index contributed by atoms with van der Waals surface area (Å²) in [7, 11) is 0. The lowest BCUT2D eigenvalue weighted by atomic mass is 10.1. The highest BCUT2D eigenvalue weighted by atomic mass is 19.4. The quantitative estimate of drug-likeness (QED) is 0.534. The minimum atomic E-state index is -4.12. The number of halogens is 3. The maximum Gasteiger partial charge on any atom is 0.389 e. The first kappa shape index (κ1) is 15.5. The maximum absolute atomic E-state index is 11.8. The summed E-state index contributed by atoms with van der Waals surface area (Å²) in [5.74, 6) is -0.0271. The van der Waals surface area contributed by atoms with Crippen molar-refractivity contribution >= 4 is 5.78 Å². The van der Waals surface area contributed by atoms with Crippen molar-refractivity contribution in [1.29, 1.82) is 0 Å². The third kappa shape index (κ3) is 11.5. The topological polar surface area (TPSA) is 17.1 Å². The third-order valence-electron chi connectivity index (χ3n) is 2.48. The Balaban J connectivity index is 3.32. The van der Waals surface area contributed by atoms with Crippen molar-refractivity contribution in [1.82, 2.24) is 0 Å². The highest BCUT2D eigenvalue weighted by Gasteiger charge is 2.26. The van der Waals surface area contributed by atoms with Gasteiger partial charge < -0.3 is 0 Å². The number of alkyl halides is 3. The molecule has 0 bridgehead atoms. The molecule has 0 spiro atoms. The van der Waals surface area contributed by atoms with Gasteiger partial charge in [0.15, 0.2) is 0 Å². The molecule has 0 rings (SSSR count). The van der Waals surface area contributed by atoms with Crippen LogP contribution in [-0.4, -0.2) is 12.0 Å². The first-order valence-corrected chi connectivity index (χ1v) is 6.04. The Morgan fingerprint density at radius 2 is 1.50 bits per heavy atom. The SMILES string of the molecule is CCCCCCCC(=O)CCCC(F)(F)F. The molecule has 0 amide bonds. The van der Waals surface area contributed by atoms with Crippen LogP contribution in [0, 0.1) is 0 Å². The molecule has 16 heavy (non-hydrogen) atoms. The number of carbonyl (C=O) groups excluding carboxylic acids is 1. The molecule has 0 saturated carbocycles. The van der Waals surface area contributed by atoms with Crippen molar-refractivity contribution in [3.8, 4) is 0 Å². The van der Waals surface area contributed by atoms with Crippen molar-refractivity contribution in [3.05, 3.63) is 0 Å². The Morgan fingerprint density at radius 1 is 0.938 bits per heavy atom. The largest absolute Gasteiger partial charge is 0.389 e. The molecular formula is C12H21F3O. The van der Waals surface area contributed by atoms with E-state index in [4.69, 9.17) is 0 Å². The molecule has 0 aliphatic carbocycles. The van der Waals surface area contributed by atoms with E-state index in [1.807, 2.05) is 0 Å². The Bertz CT molecular complexity index is 187. The minimum Gasteiger partial charge on any atom is -0.300 e. The van der Waals surface area contributed by atoms with Crippen LogP contribution in [-0.2, 0) is 4.79 Å². The number of carbonyl (C=O) groups is 1. The molecule has 0 saturated heterocycles. The molecule has 96 valence electrons. The predicted molar refractivity (Wildman–Crippen MR) is 58.3 cm³/mol. The third-order valence-corrected chi connectivity index (χ3v) is 2.48. The first-order chi connectivity index (χ1) is 7.45. The van der Waals surface area contributed by atoms with E-state index in [1.165, 1.54) is 6.42 Å². The summed E-state index contributed by atoms with van der Waals surface area (Å²) in [6, 6.07) is 0. The lowest BCUT2D eigenvalue weighted by molar-refractivity contribution is -0.137. The van der Waals surface area contributed by atoms with E-state index in [1.54, 1.807) is 0 Å². The van der Waals surface area contributed by atoms with Gasteiger partial charge in [-0.25, -0.2) is 0 Å². The fourth-order valence-electron chi connectivity index (χ4n) is 1.54. The zero-order valence-electron chi connectivity index (χ0n) is 9.91. The highest BCUT2D eigenvalue weighted by molar-refractivity contribution is 5.78. The molecule has 0 aromatic rings. The highest BCUT2D eigenvalue weighted by Crippen LogP contribution is 2.22. The van der Waals surface area contributed by atoms with Gasteiger partial charge in [0.05, 0.1) is 0 Å². The number of ketones is 1. The average molecular weight is 238 g/mol. The van der Waals surface area contributed by atoms with Gasteiger partial charge in [0, 0.05) is 19.3 Å². The van der Waals surface area contributed by atoms with Crippen LogP contribution in [0.25, 0.3) is 0 Å². The average Bonchev–Trinajstić information content (AvgIpc) is 2.15. The molecular weight excluding hydrogens is 217 g/mol. The van der Waals surface area contributed by atoms with E-state index in [0.29, 0.717) is 6.42 Å². The van der Waals surface area contributed by atoms with Crippen LogP contribution >= 0.6 is 0 Å². The molecule has 0 unspecified atom stereocenters. The van der Waals surface area contributed by atoms with Crippen molar-refractivity contribution in [3.63, 3.8) is 0 Å². The second-order valence-electron chi connectivity index (χ2n) is 4.17. The lowest BCUT2D eigenvalue weighted by Gasteiger charge is -2.05. The fraction of sp³-hybridized carbons (Fsp3) is 0.917. The monoisotopic (exact) mass is 238 g/mol. The van der Waals surface area contributed by atoms with Crippen molar-refractivity contribution in [2.45, 2.75) is 70.9 Å². The molecule has 0 aliphatic heterocycles. The maximum atomic E-state index is 11.8. The van der Waals surface area contributed by atoms with Crippen molar-refractivity contribution < 1.29 is 18.0 Å². The first-order valence-electron chi connectivity index (χ1n) is 6.04. The number of rotatable bonds is 9. The molecule has 0 aromatic heterocycles. The summed E-state index contributed by atoms with van der Waals surface area (Å²) in [4.78, 5) is 11.2. The van der Waals surface area contributed by atoms with Gasteiger partial charge in [-0.1, -0.05) is 32.6 Å². The van der Waals surface area contributed by atoms with Crippen LogP contribution in [0.1, 0.15) is 64.7 Å². The second kappa shape index (κ2) is 8.59. The summed E-state index contributed by atoms with van der Waals surface area (Å²) in [6.07, 6.45) is 0.778. The zero-order valence-corrected chi connectivity index (χ0v) is 9.91. The second-order valence-corrected chi connectivity index (χ2v) is 4.17. The Morgan fingerprint density at radius 3 is 2.06 bits per heavy atom. The zero-order chi connectivity index (χ0) is 12.4. The lowest BCUT2D eigenvalue weighted by Crippen LogP contribution is -2.08. The summed E-state index contributed by atoms with van der Waals surface area (Å²) in [6.45, 7) is 2.11. The van der Waals surface area contributed by atoms with Gasteiger partial charge in [-0.2, -0.15) is 13.2 Å². The van der Waals surface area contributed by atoms with Crippen LogP contribution in [0.15, 0.2) is 0 Å². The van der Waals surface area contributed by atoms with Gasteiger partial charge in [-0.3, -0.25) is 4.79 Å². The van der Waals surface area contributed by atoms with E-state index in [0.717, 1.165) is 25.7 Å². The van der Waals surface area contributed by atoms with E-state index in [-0.39, 0.29) is 18.6 Å². The number of Topliss-reactive ketones (excluding diaryl/α,β-unsaturated/α-hetero) is 1. The van der Waals surface area contributed by atoms with Crippen LogP contribution in [0.2, 0.25) is 0 Å². The Labute approximate surface area is 95.4 Å². The van der Waals surface area contributed by atoms with E-state index < -0.39 is 12.6 Å². The molecule has 0 radical (unpaired) electrons. The van der Waals surface area contributed by atoms with Gasteiger partial charge in [0.25, 0.3) is 0 Å². The minimum absolute atomic E-state index is 0.0271. The Hall–Kier alpha value is -0.540. The summed E-state index contributed by atoms with van der Waals surface area (Å²) >= 11 is 0. The molecule has 0 heterocycles. The molecule has 0 aliphatic rings. The summed E-state index contributed by atoms with van der Waals surface area (Å²) in [5.41, 5.74) is 0. The normalized spacial score (nSPS) is 11.8. The van der Waals surface area contributed by atoms with Crippen LogP contribution in [0.5, 0.6) is 0 Å². The van der Waals surface area contributed by atoms with Crippen molar-refractivity contribution in [2.24, 2.45) is 0 Å². The predicted octanol–water partition coefficient (Wildman–Crippen LogP) is 4.65. The fourth-order valence-corrected chi connectivity index (χ4v) is 1.54. The molecule has 0 N–H and O–H groups in total. The van der Waals surface area contributed by atoms with Gasteiger partial charge in [0.2, 0.25) is 0 Å². The van der Waals surface area contributed by atoms with Crippen LogP contribution in [0.3, 0.4) is 0 Å². The van der Waals surface area contributed by atoms with Gasteiger partial charge in [-0.05, 0) is 12.8 Å². The van der Waals surface area contributed by atoms with E-state index in [9.17, 15) is 18.0 Å². The van der Waals surface area contributed by atoms with Gasteiger partial charge in [-0.15, -0.1) is 0 Å². The molecule has 1 nitrogen and oxygen atoms in total. The van der Waals surface area contributed by atoms with E-state index >= 15 is 0 Å². The van der Waals surface area contributed by atoms with Crippen molar-refractivity contribution in [2.75, 3.05) is 0 Å². The summed E-state index contributed by atoms with van der Waals surface area (Å²) in [5, 5.41) is 0. The van der Waals surface area contributed by atoms with Gasteiger partial charge >= 0.3 is 6.18 Å². The van der Waals surface area contributed by atoms with Crippen LogP contribution in [0.4, 0.5) is 13.2 Å². The molecule has 0 aromatic carbocycles. The number of hydrogen-bond acceptors (Lipinski definition) is 1. The van der Waals surface area contributed by atoms with Gasteiger partial charge in [0.1, 0.15) is 5.78 Å². The van der Waals surface area contributed by atoms with Crippen LogP contribution < -0.4 is 0 Å².